The van der Waals surface area contributed by atoms with Crippen LogP contribution in [-0.2, 0) is 0 Å². The van der Waals surface area contributed by atoms with Crippen molar-refractivity contribution in [1.29, 1.82) is 0 Å². The first kappa shape index (κ1) is 12.0. The van der Waals surface area contributed by atoms with Gasteiger partial charge < -0.3 is 15.7 Å². The van der Waals surface area contributed by atoms with E-state index in [0.29, 0.717) is 12.0 Å². The quantitative estimate of drug-likeness (QED) is 0.706. The topological polar surface area (TPSA) is 49.5 Å². The van der Waals surface area contributed by atoms with Crippen LogP contribution in [0.25, 0.3) is 0 Å². The van der Waals surface area contributed by atoms with Crippen molar-refractivity contribution >= 4 is 0 Å². The summed E-state index contributed by atoms with van der Waals surface area (Å²) in [6.07, 6.45) is 3.17. The third kappa shape index (κ3) is 3.95. The zero-order valence-electron chi connectivity index (χ0n) is 9.45. The Labute approximate surface area is 87.3 Å². The highest BCUT2D eigenvalue weighted by atomic mass is 16.3. The molecule has 0 aromatic heterocycles. The fraction of sp³-hybridized carbons (Fsp3) is 1.00. The molecule has 2 atom stereocenters. The lowest BCUT2D eigenvalue weighted by Gasteiger charge is -2.33. The molecule has 14 heavy (non-hydrogen) atoms. The molecule has 0 aliphatic carbocycles. The summed E-state index contributed by atoms with van der Waals surface area (Å²) in [5.41, 5.74) is 5.88. The summed E-state index contributed by atoms with van der Waals surface area (Å²) < 4.78 is 0. The molecular formula is C11H24N2O. The lowest BCUT2D eigenvalue weighted by molar-refractivity contribution is 0.128. The number of nitrogens with two attached hydrogens (primary N) is 1. The fourth-order valence-electron chi connectivity index (χ4n) is 2.07. The molecule has 1 fully saturated rings. The molecule has 0 amide bonds. The van der Waals surface area contributed by atoms with E-state index in [9.17, 15) is 5.11 Å². The van der Waals surface area contributed by atoms with Gasteiger partial charge in [-0.25, -0.2) is 0 Å². The second-order valence-electron chi connectivity index (χ2n) is 4.68. The van der Waals surface area contributed by atoms with E-state index in [4.69, 9.17) is 5.73 Å². The van der Waals surface area contributed by atoms with E-state index in [-0.39, 0.29) is 6.10 Å². The molecule has 1 aliphatic rings. The molecule has 0 spiro atoms. The number of hydrogen-bond donors (Lipinski definition) is 2. The van der Waals surface area contributed by atoms with E-state index in [0.717, 1.165) is 26.1 Å². The SMILES string of the molecule is CC(O)CCN1CCC(C(C)N)CC1. The second-order valence-corrected chi connectivity index (χ2v) is 4.68. The lowest BCUT2D eigenvalue weighted by Crippen LogP contribution is -2.40. The first-order valence-electron chi connectivity index (χ1n) is 5.75. The largest absolute Gasteiger partial charge is 0.393 e. The fourth-order valence-corrected chi connectivity index (χ4v) is 2.07. The number of rotatable bonds is 4. The Kier molecular flexibility index (Phi) is 4.85. The monoisotopic (exact) mass is 200 g/mol. The highest BCUT2D eigenvalue weighted by Gasteiger charge is 2.21. The molecule has 3 N–H and O–H groups in total. The Hall–Kier alpha value is -0.120. The lowest BCUT2D eigenvalue weighted by atomic mass is 9.91. The number of nitrogens with zero attached hydrogens (tertiary/aromatic N) is 1. The molecule has 0 radical (unpaired) electrons. The smallest absolute Gasteiger partial charge is 0.0524 e. The van der Waals surface area contributed by atoms with Gasteiger partial charge in [0.15, 0.2) is 0 Å². The van der Waals surface area contributed by atoms with Crippen LogP contribution in [0.5, 0.6) is 0 Å². The normalized spacial score (nSPS) is 24.9. The van der Waals surface area contributed by atoms with Crippen LogP contribution in [0.15, 0.2) is 0 Å². The second kappa shape index (κ2) is 5.69. The van der Waals surface area contributed by atoms with E-state index in [2.05, 4.69) is 11.8 Å². The Morgan fingerprint density at radius 1 is 1.36 bits per heavy atom. The van der Waals surface area contributed by atoms with Crippen LogP contribution in [0.2, 0.25) is 0 Å². The van der Waals surface area contributed by atoms with Crippen LogP contribution in [0, 0.1) is 5.92 Å². The molecule has 0 aromatic carbocycles. The molecule has 0 saturated carbocycles. The van der Waals surface area contributed by atoms with Crippen LogP contribution in [0.4, 0.5) is 0 Å². The van der Waals surface area contributed by atoms with Crippen LogP contribution in [0.3, 0.4) is 0 Å². The van der Waals surface area contributed by atoms with E-state index in [1.165, 1.54) is 12.8 Å². The average Bonchev–Trinajstić information content (AvgIpc) is 2.15. The van der Waals surface area contributed by atoms with Crippen molar-refractivity contribution in [3.63, 3.8) is 0 Å². The highest BCUT2D eigenvalue weighted by molar-refractivity contribution is 4.77. The van der Waals surface area contributed by atoms with Crippen LogP contribution in [0.1, 0.15) is 33.1 Å². The standard InChI is InChI=1S/C11H24N2O/c1-9(14)3-6-13-7-4-11(5-8-13)10(2)12/h9-11,14H,3-8,12H2,1-2H3. The van der Waals surface area contributed by atoms with Gasteiger partial charge in [-0.2, -0.15) is 0 Å². The van der Waals surface area contributed by atoms with Gasteiger partial charge in [0.25, 0.3) is 0 Å². The summed E-state index contributed by atoms with van der Waals surface area (Å²) in [6, 6.07) is 0.342. The molecule has 1 aliphatic heterocycles. The van der Waals surface area contributed by atoms with E-state index in [1.807, 2.05) is 6.92 Å². The summed E-state index contributed by atoms with van der Waals surface area (Å²) in [6.45, 7) is 7.30. The van der Waals surface area contributed by atoms with Crippen molar-refractivity contribution in [2.45, 2.75) is 45.3 Å². The number of piperidine rings is 1. The van der Waals surface area contributed by atoms with Gasteiger partial charge in [0, 0.05) is 12.6 Å². The molecule has 1 rings (SSSR count). The Balaban J connectivity index is 2.16. The van der Waals surface area contributed by atoms with Gasteiger partial charge in [-0.3, -0.25) is 0 Å². The van der Waals surface area contributed by atoms with Crippen molar-refractivity contribution < 1.29 is 5.11 Å². The summed E-state index contributed by atoms with van der Waals surface area (Å²) >= 11 is 0. The van der Waals surface area contributed by atoms with Crippen LogP contribution in [-0.4, -0.2) is 41.8 Å². The number of hydrogen-bond acceptors (Lipinski definition) is 3. The highest BCUT2D eigenvalue weighted by Crippen LogP contribution is 2.19. The number of aliphatic hydroxyl groups is 1. The van der Waals surface area contributed by atoms with Crippen molar-refractivity contribution in [3.05, 3.63) is 0 Å². The van der Waals surface area contributed by atoms with Gasteiger partial charge in [-0.15, -0.1) is 0 Å². The zero-order valence-corrected chi connectivity index (χ0v) is 9.45. The van der Waals surface area contributed by atoms with Crippen molar-refractivity contribution in [2.75, 3.05) is 19.6 Å². The summed E-state index contributed by atoms with van der Waals surface area (Å²) in [5.74, 6) is 0.706. The average molecular weight is 200 g/mol. The molecule has 0 aromatic rings. The molecule has 84 valence electrons. The van der Waals surface area contributed by atoms with Gasteiger partial charge in [0.1, 0.15) is 0 Å². The minimum absolute atomic E-state index is 0.166. The Bertz CT molecular complexity index is 151. The third-order valence-electron chi connectivity index (χ3n) is 3.24. The molecule has 3 nitrogen and oxygen atoms in total. The summed E-state index contributed by atoms with van der Waals surface area (Å²) in [4.78, 5) is 2.44. The minimum atomic E-state index is -0.166. The molecular weight excluding hydrogens is 176 g/mol. The summed E-state index contributed by atoms with van der Waals surface area (Å²) in [5, 5.41) is 9.18. The van der Waals surface area contributed by atoms with E-state index < -0.39 is 0 Å². The maximum absolute atomic E-state index is 9.18. The summed E-state index contributed by atoms with van der Waals surface area (Å²) in [7, 11) is 0. The van der Waals surface area contributed by atoms with Crippen LogP contribution >= 0.6 is 0 Å². The maximum Gasteiger partial charge on any atom is 0.0524 e. The predicted octanol–water partition coefficient (Wildman–Crippen LogP) is 0.816. The van der Waals surface area contributed by atoms with Gasteiger partial charge in [0.2, 0.25) is 0 Å². The van der Waals surface area contributed by atoms with Gasteiger partial charge in [-0.05, 0) is 52.1 Å². The van der Waals surface area contributed by atoms with Crippen LogP contribution < -0.4 is 5.73 Å². The molecule has 1 heterocycles. The Morgan fingerprint density at radius 2 is 1.93 bits per heavy atom. The molecule has 1 saturated heterocycles. The first-order chi connectivity index (χ1) is 6.59. The molecule has 0 bridgehead atoms. The van der Waals surface area contributed by atoms with Gasteiger partial charge >= 0.3 is 0 Å². The van der Waals surface area contributed by atoms with Crippen molar-refractivity contribution in [2.24, 2.45) is 11.7 Å². The number of aliphatic hydroxyl groups excluding tert-OH is 1. The third-order valence-corrected chi connectivity index (χ3v) is 3.24. The Morgan fingerprint density at radius 3 is 2.36 bits per heavy atom. The maximum atomic E-state index is 9.18. The first-order valence-corrected chi connectivity index (χ1v) is 5.75. The zero-order chi connectivity index (χ0) is 10.6. The minimum Gasteiger partial charge on any atom is -0.393 e. The van der Waals surface area contributed by atoms with Gasteiger partial charge in [0.05, 0.1) is 6.10 Å². The molecule has 3 heteroatoms. The number of likely N-dealkylation sites (tertiary alicyclic amines) is 1. The predicted molar refractivity (Wildman–Crippen MR) is 59.1 cm³/mol. The van der Waals surface area contributed by atoms with Crippen molar-refractivity contribution in [3.8, 4) is 0 Å². The van der Waals surface area contributed by atoms with E-state index in [1.54, 1.807) is 0 Å². The molecule has 2 unspecified atom stereocenters. The van der Waals surface area contributed by atoms with Crippen molar-refractivity contribution in [1.82, 2.24) is 4.90 Å². The van der Waals surface area contributed by atoms with E-state index >= 15 is 0 Å². The van der Waals surface area contributed by atoms with Gasteiger partial charge in [-0.1, -0.05) is 0 Å².